The number of sulfonamides is 1. The maximum Gasteiger partial charge on any atom is 0.245 e. The van der Waals surface area contributed by atoms with Gasteiger partial charge in [0.25, 0.3) is 0 Å². The van der Waals surface area contributed by atoms with Gasteiger partial charge in [-0.05, 0) is 17.7 Å². The fourth-order valence-electron chi connectivity index (χ4n) is 3.64. The number of hydrogen-bond acceptors (Lipinski definition) is 6. The predicted octanol–water partition coefficient (Wildman–Crippen LogP) is 1.58. The van der Waals surface area contributed by atoms with Crippen molar-refractivity contribution in [2.24, 2.45) is 0 Å². The summed E-state index contributed by atoms with van der Waals surface area (Å²) in [7, 11) is -7.68. The van der Waals surface area contributed by atoms with E-state index in [0.29, 0.717) is 16.5 Å². The highest BCUT2D eigenvalue weighted by molar-refractivity contribution is 7.92. The van der Waals surface area contributed by atoms with Gasteiger partial charge in [0, 0.05) is 18.1 Å². The van der Waals surface area contributed by atoms with Crippen molar-refractivity contribution in [1.29, 1.82) is 0 Å². The van der Waals surface area contributed by atoms with Crippen molar-refractivity contribution in [3.05, 3.63) is 72.4 Å². The number of nitrogens with zero attached hydrogens (tertiary/aromatic N) is 2. The molecule has 2 atom stereocenters. The minimum Gasteiger partial charge on any atom is -0.390 e. The second kappa shape index (κ2) is 7.49. The van der Waals surface area contributed by atoms with Crippen molar-refractivity contribution in [3.8, 4) is 0 Å². The second-order valence-corrected chi connectivity index (χ2v) is 11.1. The topological polar surface area (TPSA) is 105 Å². The van der Waals surface area contributed by atoms with Gasteiger partial charge in [0.15, 0.2) is 9.84 Å². The van der Waals surface area contributed by atoms with Crippen LogP contribution in [0.3, 0.4) is 0 Å². The minimum atomic E-state index is -4.15. The Hall–Kier alpha value is -2.33. The van der Waals surface area contributed by atoms with Crippen molar-refractivity contribution in [3.63, 3.8) is 0 Å². The summed E-state index contributed by atoms with van der Waals surface area (Å²) >= 11 is 0. The third kappa shape index (κ3) is 3.91. The first kappa shape index (κ1) is 20.0. The molecule has 152 valence electrons. The van der Waals surface area contributed by atoms with Gasteiger partial charge in [-0.1, -0.05) is 48.5 Å². The monoisotopic (exact) mass is 432 g/mol. The van der Waals surface area contributed by atoms with E-state index in [1.807, 2.05) is 6.07 Å². The summed E-state index contributed by atoms with van der Waals surface area (Å²) in [6.07, 6.45) is 0.221. The molecule has 0 spiro atoms. The summed E-state index contributed by atoms with van der Waals surface area (Å²) in [5.74, 6) is -0.870. The predicted molar refractivity (Wildman–Crippen MR) is 109 cm³/mol. The van der Waals surface area contributed by atoms with E-state index in [-0.39, 0.29) is 11.4 Å². The number of hydrogen-bond donors (Lipinski definition) is 1. The van der Waals surface area contributed by atoms with E-state index in [1.165, 1.54) is 12.3 Å². The lowest BCUT2D eigenvalue weighted by Gasteiger charge is -2.29. The molecular weight excluding hydrogens is 412 g/mol. The molecule has 0 radical (unpaired) electrons. The number of fused-ring (bicyclic) bond motifs is 1. The van der Waals surface area contributed by atoms with Crippen molar-refractivity contribution in [1.82, 2.24) is 9.29 Å². The summed E-state index contributed by atoms with van der Waals surface area (Å²) in [5, 5.41) is 11.1. The third-order valence-electron chi connectivity index (χ3n) is 5.03. The number of aromatic nitrogens is 1. The smallest absolute Gasteiger partial charge is 0.245 e. The molecule has 2 heterocycles. The Balaban J connectivity index is 1.85. The molecule has 29 heavy (non-hydrogen) atoms. The maximum absolute atomic E-state index is 13.7. The SMILES string of the molecule is O=S1(=O)C[C@@H](O)[C@H](N(Cc2ccccc2)S(=O)(=O)c2cccc3cccnc23)C1. The summed E-state index contributed by atoms with van der Waals surface area (Å²) in [6.45, 7) is -0.0519. The van der Waals surface area contributed by atoms with E-state index >= 15 is 0 Å². The first-order valence-electron chi connectivity index (χ1n) is 9.06. The average molecular weight is 433 g/mol. The molecule has 1 aromatic heterocycles. The number of rotatable bonds is 5. The van der Waals surface area contributed by atoms with E-state index in [9.17, 15) is 21.9 Å². The van der Waals surface area contributed by atoms with Gasteiger partial charge < -0.3 is 5.11 Å². The lowest BCUT2D eigenvalue weighted by molar-refractivity contribution is 0.125. The molecule has 1 aliphatic heterocycles. The second-order valence-electron chi connectivity index (χ2n) is 7.08. The molecule has 7 nitrogen and oxygen atoms in total. The van der Waals surface area contributed by atoms with Crippen LogP contribution in [0.25, 0.3) is 10.9 Å². The molecule has 3 aromatic rings. The van der Waals surface area contributed by atoms with Crippen LogP contribution in [0.1, 0.15) is 5.56 Å². The van der Waals surface area contributed by atoms with Crippen molar-refractivity contribution < 1.29 is 21.9 Å². The van der Waals surface area contributed by atoms with E-state index in [1.54, 1.807) is 48.5 Å². The molecular formula is C20H20N2O5S2. The van der Waals surface area contributed by atoms with Gasteiger partial charge in [0.1, 0.15) is 4.90 Å². The van der Waals surface area contributed by atoms with Gasteiger partial charge in [-0.15, -0.1) is 0 Å². The zero-order valence-corrected chi connectivity index (χ0v) is 17.1. The molecule has 1 fully saturated rings. The molecule has 1 saturated heterocycles. The van der Waals surface area contributed by atoms with Crippen LogP contribution in [0.2, 0.25) is 0 Å². The molecule has 0 aliphatic carbocycles. The highest BCUT2D eigenvalue weighted by Gasteiger charge is 2.45. The van der Waals surface area contributed by atoms with Crippen molar-refractivity contribution >= 4 is 30.8 Å². The number of para-hydroxylation sites is 1. The zero-order valence-electron chi connectivity index (χ0n) is 15.4. The highest BCUT2D eigenvalue weighted by atomic mass is 32.2. The van der Waals surface area contributed by atoms with Crippen LogP contribution in [-0.4, -0.2) is 54.9 Å². The van der Waals surface area contributed by atoms with Crippen LogP contribution in [0.15, 0.2) is 71.8 Å². The normalized spacial score (nSPS) is 21.6. The van der Waals surface area contributed by atoms with Crippen molar-refractivity contribution in [2.45, 2.75) is 23.6 Å². The largest absolute Gasteiger partial charge is 0.390 e. The molecule has 0 unspecified atom stereocenters. The van der Waals surface area contributed by atoms with E-state index in [4.69, 9.17) is 0 Å². The van der Waals surface area contributed by atoms with Gasteiger partial charge >= 0.3 is 0 Å². The minimum absolute atomic E-state index is 0.0111. The van der Waals surface area contributed by atoms with Crippen LogP contribution in [0, 0.1) is 0 Å². The lowest BCUT2D eigenvalue weighted by Crippen LogP contribution is -2.46. The first-order chi connectivity index (χ1) is 13.8. The quantitative estimate of drug-likeness (QED) is 0.656. The molecule has 0 amide bonds. The Bertz CT molecular complexity index is 1240. The average Bonchev–Trinajstić information content (AvgIpc) is 2.98. The van der Waals surface area contributed by atoms with Gasteiger partial charge in [-0.2, -0.15) is 4.31 Å². The van der Waals surface area contributed by atoms with Gasteiger partial charge in [-0.25, -0.2) is 16.8 Å². The standard InChI is InChI=1S/C20H20N2O5S2/c23-18-14-28(24,25)13-17(18)22(12-15-6-2-1-3-7-15)29(26,27)19-10-4-8-16-9-5-11-21-20(16)19/h1-11,17-18,23H,12-14H2/t17-,18-/m1/s1. The molecule has 1 aliphatic rings. The number of aliphatic hydroxyl groups is 1. The molecule has 4 rings (SSSR count). The zero-order chi connectivity index (χ0) is 20.6. The van der Waals surface area contributed by atoms with E-state index in [2.05, 4.69) is 4.98 Å². The summed E-state index contributed by atoms with van der Waals surface area (Å²) in [4.78, 5) is 4.21. The first-order valence-corrected chi connectivity index (χ1v) is 12.3. The fourth-order valence-corrected chi connectivity index (χ4v) is 7.34. The number of sulfone groups is 1. The van der Waals surface area contributed by atoms with E-state index < -0.39 is 43.5 Å². The van der Waals surface area contributed by atoms with Crippen LogP contribution in [0.4, 0.5) is 0 Å². The number of pyridine rings is 1. The highest BCUT2D eigenvalue weighted by Crippen LogP contribution is 2.30. The van der Waals surface area contributed by atoms with Gasteiger partial charge in [0.2, 0.25) is 10.0 Å². The maximum atomic E-state index is 13.7. The third-order valence-corrected chi connectivity index (χ3v) is 8.63. The number of benzene rings is 2. The molecule has 0 saturated carbocycles. The molecule has 1 N–H and O–H groups in total. The van der Waals surface area contributed by atoms with E-state index in [0.717, 1.165) is 4.31 Å². The molecule has 2 aromatic carbocycles. The summed E-state index contributed by atoms with van der Waals surface area (Å²) in [5.41, 5.74) is 1.00. The van der Waals surface area contributed by atoms with Gasteiger partial charge in [0.05, 0.1) is 29.2 Å². The Morgan fingerprint density at radius 1 is 1.00 bits per heavy atom. The molecule has 0 bridgehead atoms. The summed E-state index contributed by atoms with van der Waals surface area (Å²) < 4.78 is 52.6. The Morgan fingerprint density at radius 2 is 1.72 bits per heavy atom. The summed E-state index contributed by atoms with van der Waals surface area (Å²) in [6, 6.07) is 16.2. The van der Waals surface area contributed by atoms with Crippen LogP contribution >= 0.6 is 0 Å². The number of aliphatic hydroxyl groups excluding tert-OH is 1. The Kier molecular flexibility index (Phi) is 5.16. The molecule has 9 heteroatoms. The van der Waals surface area contributed by atoms with Crippen LogP contribution in [0.5, 0.6) is 0 Å². The lowest BCUT2D eigenvalue weighted by atomic mass is 10.2. The Labute approximate surface area is 169 Å². The fraction of sp³-hybridized carbons (Fsp3) is 0.250. The van der Waals surface area contributed by atoms with Crippen LogP contribution in [-0.2, 0) is 26.4 Å². The van der Waals surface area contributed by atoms with Crippen molar-refractivity contribution in [2.75, 3.05) is 11.5 Å². The Morgan fingerprint density at radius 3 is 2.41 bits per heavy atom. The van der Waals surface area contributed by atoms with Gasteiger partial charge in [-0.3, -0.25) is 4.98 Å². The van der Waals surface area contributed by atoms with Crippen LogP contribution < -0.4 is 0 Å².